The van der Waals surface area contributed by atoms with Crippen LogP contribution >= 0.6 is 0 Å². The third kappa shape index (κ3) is 4.42. The first-order valence-electron chi connectivity index (χ1n) is 9.72. The smallest absolute Gasteiger partial charge is 0.237 e. The van der Waals surface area contributed by atoms with E-state index < -0.39 is 0 Å². The van der Waals surface area contributed by atoms with Gasteiger partial charge < -0.3 is 10.2 Å². The largest absolute Gasteiger partial charge is 0.353 e. The minimum Gasteiger partial charge on any atom is -0.353 e. The quantitative estimate of drug-likeness (QED) is 0.847. The van der Waals surface area contributed by atoms with Crippen molar-refractivity contribution >= 4 is 5.91 Å². The number of nitrogens with one attached hydrogen (secondary N) is 1. The summed E-state index contributed by atoms with van der Waals surface area (Å²) in [5.74, 6) is 0.202. The lowest BCUT2D eigenvalue weighted by Crippen LogP contribution is -2.44. The summed E-state index contributed by atoms with van der Waals surface area (Å²) in [6, 6.07) is 2.04. The van der Waals surface area contributed by atoms with E-state index in [1.165, 1.54) is 12.8 Å². The molecule has 0 aromatic carbocycles. The molecule has 2 aliphatic rings. The van der Waals surface area contributed by atoms with Crippen LogP contribution in [0.15, 0.2) is 12.3 Å². The molecule has 140 valence electrons. The van der Waals surface area contributed by atoms with Crippen molar-refractivity contribution in [3.63, 3.8) is 0 Å². The van der Waals surface area contributed by atoms with Gasteiger partial charge in [0.25, 0.3) is 0 Å². The second-order valence-electron chi connectivity index (χ2n) is 8.00. The van der Waals surface area contributed by atoms with E-state index in [1.54, 1.807) is 0 Å². The minimum atomic E-state index is 0.0442. The topological polar surface area (TPSA) is 53.4 Å². The third-order valence-electron chi connectivity index (χ3n) is 5.88. The number of likely N-dealkylation sites (tertiary alicyclic amines) is 2. The Hall–Kier alpha value is -1.40. The number of hydrogen-bond donors (Lipinski definition) is 1. The molecule has 1 N–H and O–H groups in total. The standard InChI is InChI=1S/C19H33N5O/c1-4-9-23-15-19(6-11-22(3)12-7-19)14-17(23)18(25)20-8-13-24-10-5-16(2)21-24/h5,10,17H,4,6-9,11-15H2,1-3H3,(H,20,25)/t17-/m0/s1. The highest BCUT2D eigenvalue weighted by molar-refractivity contribution is 5.82. The molecule has 1 spiro atoms. The van der Waals surface area contributed by atoms with Crippen molar-refractivity contribution < 1.29 is 4.79 Å². The lowest BCUT2D eigenvalue weighted by molar-refractivity contribution is -0.125. The second kappa shape index (κ2) is 7.87. The molecule has 0 saturated carbocycles. The lowest BCUT2D eigenvalue weighted by atomic mass is 9.76. The molecule has 1 amide bonds. The first kappa shape index (κ1) is 18.4. The van der Waals surface area contributed by atoms with Gasteiger partial charge in [-0.15, -0.1) is 0 Å². The fraction of sp³-hybridized carbons (Fsp3) is 0.789. The van der Waals surface area contributed by atoms with Crippen LogP contribution in [-0.2, 0) is 11.3 Å². The fourth-order valence-corrected chi connectivity index (χ4v) is 4.38. The molecule has 2 aliphatic heterocycles. The van der Waals surface area contributed by atoms with Crippen LogP contribution in [0.1, 0.15) is 38.3 Å². The molecule has 2 saturated heterocycles. The Morgan fingerprint density at radius 3 is 2.76 bits per heavy atom. The number of amides is 1. The molecule has 0 bridgehead atoms. The van der Waals surface area contributed by atoms with Gasteiger partial charge in [-0.1, -0.05) is 6.92 Å². The Labute approximate surface area is 151 Å². The normalized spacial score (nSPS) is 24.0. The summed E-state index contributed by atoms with van der Waals surface area (Å²) in [5.41, 5.74) is 1.36. The summed E-state index contributed by atoms with van der Waals surface area (Å²) in [5, 5.41) is 7.52. The summed E-state index contributed by atoms with van der Waals surface area (Å²) in [6.07, 6.45) is 6.54. The summed E-state index contributed by atoms with van der Waals surface area (Å²) in [6.45, 7) is 9.99. The Bertz CT molecular complexity index is 576. The van der Waals surface area contributed by atoms with Crippen molar-refractivity contribution in [3.8, 4) is 0 Å². The van der Waals surface area contributed by atoms with Crippen LogP contribution in [0.3, 0.4) is 0 Å². The highest BCUT2D eigenvalue weighted by atomic mass is 16.2. The predicted octanol–water partition coefficient (Wildman–Crippen LogP) is 1.50. The van der Waals surface area contributed by atoms with Crippen LogP contribution in [0.4, 0.5) is 0 Å². The van der Waals surface area contributed by atoms with Gasteiger partial charge in [-0.2, -0.15) is 5.10 Å². The summed E-state index contributed by atoms with van der Waals surface area (Å²) >= 11 is 0. The highest BCUT2D eigenvalue weighted by Crippen LogP contribution is 2.43. The molecule has 25 heavy (non-hydrogen) atoms. The van der Waals surface area contributed by atoms with Gasteiger partial charge in [-0.25, -0.2) is 0 Å². The van der Waals surface area contributed by atoms with Crippen LogP contribution in [0.2, 0.25) is 0 Å². The number of aromatic nitrogens is 2. The van der Waals surface area contributed by atoms with Crippen molar-refractivity contribution in [3.05, 3.63) is 18.0 Å². The first-order chi connectivity index (χ1) is 12.0. The van der Waals surface area contributed by atoms with Gasteiger partial charge in [0.1, 0.15) is 0 Å². The average Bonchev–Trinajstić information content (AvgIpc) is 3.15. The fourth-order valence-electron chi connectivity index (χ4n) is 4.38. The molecule has 6 nitrogen and oxygen atoms in total. The zero-order valence-electron chi connectivity index (χ0n) is 16.0. The monoisotopic (exact) mass is 347 g/mol. The first-order valence-corrected chi connectivity index (χ1v) is 9.72. The average molecular weight is 348 g/mol. The number of rotatable bonds is 6. The number of carbonyl (C=O) groups excluding carboxylic acids is 1. The van der Waals surface area contributed by atoms with Gasteiger partial charge >= 0.3 is 0 Å². The maximum atomic E-state index is 12.8. The van der Waals surface area contributed by atoms with Crippen LogP contribution in [-0.4, -0.2) is 71.3 Å². The molecule has 0 unspecified atom stereocenters. The molecule has 1 aromatic heterocycles. The molecule has 3 heterocycles. The Balaban J connectivity index is 1.55. The molecule has 1 aromatic rings. The number of nitrogens with zero attached hydrogens (tertiary/aromatic N) is 4. The summed E-state index contributed by atoms with van der Waals surface area (Å²) in [7, 11) is 2.20. The van der Waals surface area contributed by atoms with E-state index in [2.05, 4.69) is 34.2 Å². The summed E-state index contributed by atoms with van der Waals surface area (Å²) < 4.78 is 1.90. The van der Waals surface area contributed by atoms with Crippen molar-refractivity contribution in [1.29, 1.82) is 0 Å². The van der Waals surface area contributed by atoms with E-state index in [-0.39, 0.29) is 11.9 Å². The molecule has 3 rings (SSSR count). The number of hydrogen-bond acceptors (Lipinski definition) is 4. The van der Waals surface area contributed by atoms with Crippen LogP contribution < -0.4 is 5.32 Å². The molecular formula is C19H33N5O. The van der Waals surface area contributed by atoms with E-state index in [0.717, 1.165) is 51.3 Å². The zero-order valence-corrected chi connectivity index (χ0v) is 16.0. The van der Waals surface area contributed by atoms with Gasteiger partial charge in [0.15, 0.2) is 0 Å². The van der Waals surface area contributed by atoms with Gasteiger partial charge in [0, 0.05) is 19.3 Å². The molecule has 1 atom stereocenters. The zero-order chi connectivity index (χ0) is 17.9. The van der Waals surface area contributed by atoms with Gasteiger partial charge in [-0.05, 0) is 70.8 Å². The molecular weight excluding hydrogens is 314 g/mol. The molecule has 6 heteroatoms. The molecule has 0 aliphatic carbocycles. The van der Waals surface area contributed by atoms with Crippen LogP contribution in [0.5, 0.6) is 0 Å². The van der Waals surface area contributed by atoms with E-state index in [1.807, 2.05) is 23.9 Å². The van der Waals surface area contributed by atoms with Crippen molar-refractivity contribution in [2.24, 2.45) is 5.41 Å². The van der Waals surface area contributed by atoms with E-state index in [4.69, 9.17) is 0 Å². The maximum Gasteiger partial charge on any atom is 0.237 e. The van der Waals surface area contributed by atoms with Crippen LogP contribution in [0, 0.1) is 12.3 Å². The Morgan fingerprint density at radius 1 is 1.36 bits per heavy atom. The highest BCUT2D eigenvalue weighted by Gasteiger charge is 2.47. The SMILES string of the molecule is CCCN1CC2(CCN(C)CC2)C[C@H]1C(=O)NCCn1ccc(C)n1. The molecule has 0 radical (unpaired) electrons. The number of carbonyl (C=O) groups is 1. The van der Waals surface area contributed by atoms with E-state index in [9.17, 15) is 4.79 Å². The van der Waals surface area contributed by atoms with Gasteiger partial charge in [0.2, 0.25) is 5.91 Å². The summed E-state index contributed by atoms with van der Waals surface area (Å²) in [4.78, 5) is 17.7. The minimum absolute atomic E-state index is 0.0442. The number of aryl methyl sites for hydroxylation is 1. The van der Waals surface area contributed by atoms with E-state index >= 15 is 0 Å². The van der Waals surface area contributed by atoms with Crippen molar-refractivity contribution in [1.82, 2.24) is 24.9 Å². The second-order valence-corrected chi connectivity index (χ2v) is 8.00. The van der Waals surface area contributed by atoms with Gasteiger partial charge in [0.05, 0.1) is 18.3 Å². The maximum absolute atomic E-state index is 12.8. The van der Waals surface area contributed by atoms with Crippen molar-refractivity contribution in [2.45, 2.75) is 52.1 Å². The number of piperidine rings is 1. The van der Waals surface area contributed by atoms with Crippen molar-refractivity contribution in [2.75, 3.05) is 39.8 Å². The lowest BCUT2D eigenvalue weighted by Gasteiger charge is -2.37. The third-order valence-corrected chi connectivity index (χ3v) is 5.88. The van der Waals surface area contributed by atoms with Crippen LogP contribution in [0.25, 0.3) is 0 Å². The predicted molar refractivity (Wildman–Crippen MR) is 99.4 cm³/mol. The Kier molecular flexibility index (Phi) is 5.79. The molecule has 2 fully saturated rings. The van der Waals surface area contributed by atoms with E-state index in [0.29, 0.717) is 12.0 Å². The Morgan fingerprint density at radius 2 is 2.12 bits per heavy atom. The van der Waals surface area contributed by atoms with Gasteiger partial charge in [-0.3, -0.25) is 14.4 Å².